The van der Waals surface area contributed by atoms with E-state index in [-0.39, 0.29) is 6.04 Å². The summed E-state index contributed by atoms with van der Waals surface area (Å²) in [4.78, 5) is 4.55. The Morgan fingerprint density at radius 3 is 2.50 bits per heavy atom. The van der Waals surface area contributed by atoms with Crippen molar-refractivity contribution >= 4 is 27.6 Å². The van der Waals surface area contributed by atoms with Crippen LogP contribution in [0.1, 0.15) is 17.9 Å². The molecule has 2 unspecified atom stereocenters. The quantitative estimate of drug-likeness (QED) is 0.645. The highest BCUT2D eigenvalue weighted by Crippen LogP contribution is 2.43. The van der Waals surface area contributed by atoms with Gasteiger partial charge < -0.3 is 15.8 Å². The molecular formula is C17H18BrN3O. The monoisotopic (exact) mass is 359 g/mol. The summed E-state index contributed by atoms with van der Waals surface area (Å²) in [6.45, 7) is 0. The summed E-state index contributed by atoms with van der Waals surface area (Å²) in [5.74, 6) is 1.75. The molecule has 0 aromatic heterocycles. The molecular weight excluding hydrogens is 342 g/mol. The highest BCUT2D eigenvalue weighted by atomic mass is 79.9. The van der Waals surface area contributed by atoms with E-state index in [1.165, 1.54) is 5.56 Å². The zero-order chi connectivity index (χ0) is 15.5. The third-order valence-electron chi connectivity index (χ3n) is 3.72. The van der Waals surface area contributed by atoms with E-state index in [4.69, 9.17) is 10.5 Å². The van der Waals surface area contributed by atoms with Gasteiger partial charge in [-0.05, 0) is 48.4 Å². The van der Waals surface area contributed by atoms with Crippen molar-refractivity contribution in [2.24, 2.45) is 10.7 Å². The lowest BCUT2D eigenvalue weighted by Gasteiger charge is -2.06. The molecule has 0 amide bonds. The van der Waals surface area contributed by atoms with Gasteiger partial charge in [-0.25, -0.2) is 4.99 Å². The molecule has 1 saturated carbocycles. The SMILES string of the molecule is COc1ccc(NC(N)=NC2CC2c2ccc(Br)cc2)cc1. The van der Waals surface area contributed by atoms with E-state index in [1.54, 1.807) is 7.11 Å². The standard InChI is InChI=1S/C17H18BrN3O/c1-22-14-8-6-13(7-9-14)20-17(19)21-16-10-15(16)11-2-4-12(18)5-3-11/h2-9,15-16H,10H2,1H3,(H3,19,20,21). The second-order valence-electron chi connectivity index (χ2n) is 5.33. The number of hydrogen-bond acceptors (Lipinski definition) is 2. The van der Waals surface area contributed by atoms with Gasteiger partial charge in [0.05, 0.1) is 13.2 Å². The number of guanidine groups is 1. The van der Waals surface area contributed by atoms with E-state index >= 15 is 0 Å². The normalized spacial score (nSPS) is 20.5. The largest absolute Gasteiger partial charge is 0.497 e. The first-order valence-corrected chi connectivity index (χ1v) is 7.95. The maximum Gasteiger partial charge on any atom is 0.193 e. The average Bonchev–Trinajstić information content (AvgIpc) is 3.27. The number of benzene rings is 2. The Labute approximate surface area is 138 Å². The lowest BCUT2D eigenvalue weighted by Crippen LogP contribution is -2.23. The van der Waals surface area contributed by atoms with Crippen molar-refractivity contribution in [3.05, 3.63) is 58.6 Å². The van der Waals surface area contributed by atoms with E-state index in [0.717, 1.165) is 22.3 Å². The first kappa shape index (κ1) is 14.9. The van der Waals surface area contributed by atoms with Gasteiger partial charge in [0.15, 0.2) is 5.96 Å². The van der Waals surface area contributed by atoms with Gasteiger partial charge in [0.25, 0.3) is 0 Å². The van der Waals surface area contributed by atoms with Crippen LogP contribution in [0.3, 0.4) is 0 Å². The van der Waals surface area contributed by atoms with Gasteiger partial charge in [-0.2, -0.15) is 0 Å². The van der Waals surface area contributed by atoms with Crippen LogP contribution in [0.15, 0.2) is 58.0 Å². The first-order valence-electron chi connectivity index (χ1n) is 7.15. The van der Waals surface area contributed by atoms with Crippen LogP contribution in [0.4, 0.5) is 5.69 Å². The summed E-state index contributed by atoms with van der Waals surface area (Å²) < 4.78 is 6.22. The molecule has 0 bridgehead atoms. The van der Waals surface area contributed by atoms with Crippen LogP contribution < -0.4 is 15.8 Å². The first-order chi connectivity index (χ1) is 10.7. The lowest BCUT2D eigenvalue weighted by molar-refractivity contribution is 0.415. The zero-order valence-corrected chi connectivity index (χ0v) is 13.9. The summed E-state index contributed by atoms with van der Waals surface area (Å²) >= 11 is 3.45. The summed E-state index contributed by atoms with van der Waals surface area (Å²) in [5.41, 5.74) is 8.20. The minimum atomic E-state index is 0.270. The summed E-state index contributed by atoms with van der Waals surface area (Å²) in [6.07, 6.45) is 1.05. The molecule has 0 spiro atoms. The van der Waals surface area contributed by atoms with Crippen LogP contribution in [0.2, 0.25) is 0 Å². The van der Waals surface area contributed by atoms with E-state index in [9.17, 15) is 0 Å². The highest BCUT2D eigenvalue weighted by Gasteiger charge is 2.38. The maximum absolute atomic E-state index is 5.98. The predicted molar refractivity (Wildman–Crippen MR) is 93.5 cm³/mol. The van der Waals surface area contributed by atoms with Crippen molar-refractivity contribution in [3.63, 3.8) is 0 Å². The van der Waals surface area contributed by atoms with E-state index in [1.807, 2.05) is 24.3 Å². The van der Waals surface area contributed by atoms with Crippen molar-refractivity contribution in [1.29, 1.82) is 0 Å². The van der Waals surface area contributed by atoms with Gasteiger partial charge in [0.2, 0.25) is 0 Å². The van der Waals surface area contributed by atoms with Gasteiger partial charge in [0.1, 0.15) is 5.75 Å². The molecule has 0 saturated heterocycles. The molecule has 3 rings (SSSR count). The molecule has 3 N–H and O–H groups in total. The third kappa shape index (κ3) is 3.60. The minimum Gasteiger partial charge on any atom is -0.497 e. The Balaban J connectivity index is 1.59. The maximum atomic E-state index is 5.98. The summed E-state index contributed by atoms with van der Waals surface area (Å²) in [6, 6.07) is 16.3. The van der Waals surface area contributed by atoms with Crippen LogP contribution in [-0.4, -0.2) is 19.1 Å². The highest BCUT2D eigenvalue weighted by molar-refractivity contribution is 9.10. The summed E-state index contributed by atoms with van der Waals surface area (Å²) in [7, 11) is 1.65. The van der Waals surface area contributed by atoms with Crippen LogP contribution in [-0.2, 0) is 0 Å². The number of nitrogens with zero attached hydrogens (tertiary/aromatic N) is 1. The molecule has 5 heteroatoms. The molecule has 0 radical (unpaired) electrons. The van der Waals surface area contributed by atoms with Gasteiger partial charge in [-0.15, -0.1) is 0 Å². The van der Waals surface area contributed by atoms with E-state index < -0.39 is 0 Å². The number of rotatable bonds is 4. The van der Waals surface area contributed by atoms with E-state index in [0.29, 0.717) is 11.9 Å². The number of hydrogen-bond donors (Lipinski definition) is 2. The minimum absolute atomic E-state index is 0.270. The number of anilines is 1. The number of nitrogens with one attached hydrogen (secondary N) is 1. The average molecular weight is 360 g/mol. The fourth-order valence-electron chi connectivity index (χ4n) is 2.43. The Hall–Kier alpha value is -2.01. The van der Waals surface area contributed by atoms with Crippen LogP contribution in [0, 0.1) is 0 Å². The second-order valence-corrected chi connectivity index (χ2v) is 6.24. The molecule has 1 fully saturated rings. The molecule has 1 aliphatic rings. The van der Waals surface area contributed by atoms with Crippen molar-refractivity contribution < 1.29 is 4.74 Å². The fraction of sp³-hybridized carbons (Fsp3) is 0.235. The van der Waals surface area contributed by atoms with E-state index in [2.05, 4.69) is 50.5 Å². The molecule has 114 valence electrons. The van der Waals surface area contributed by atoms with Crippen molar-refractivity contribution in [2.45, 2.75) is 18.4 Å². The topological polar surface area (TPSA) is 59.6 Å². The van der Waals surface area contributed by atoms with Gasteiger partial charge in [0, 0.05) is 16.1 Å². The smallest absolute Gasteiger partial charge is 0.193 e. The fourth-order valence-corrected chi connectivity index (χ4v) is 2.69. The molecule has 2 aromatic carbocycles. The molecule has 2 aromatic rings. The number of aliphatic imine (C=N–C) groups is 1. The Morgan fingerprint density at radius 2 is 1.86 bits per heavy atom. The van der Waals surface area contributed by atoms with Crippen molar-refractivity contribution in [2.75, 3.05) is 12.4 Å². The second kappa shape index (κ2) is 6.40. The lowest BCUT2D eigenvalue weighted by atomic mass is 10.1. The van der Waals surface area contributed by atoms with Crippen LogP contribution in [0.5, 0.6) is 5.75 Å². The van der Waals surface area contributed by atoms with Crippen molar-refractivity contribution in [1.82, 2.24) is 0 Å². The van der Waals surface area contributed by atoms with Crippen LogP contribution >= 0.6 is 15.9 Å². The predicted octanol–water partition coefficient (Wildman–Crippen LogP) is 3.74. The Bertz CT molecular complexity index is 667. The molecule has 0 aliphatic heterocycles. The molecule has 2 atom stereocenters. The molecule has 1 aliphatic carbocycles. The number of nitrogens with two attached hydrogens (primary N) is 1. The van der Waals surface area contributed by atoms with Crippen LogP contribution in [0.25, 0.3) is 0 Å². The number of methoxy groups -OCH3 is 1. The molecule has 4 nitrogen and oxygen atoms in total. The van der Waals surface area contributed by atoms with Gasteiger partial charge >= 0.3 is 0 Å². The Kier molecular flexibility index (Phi) is 4.34. The Morgan fingerprint density at radius 1 is 1.18 bits per heavy atom. The van der Waals surface area contributed by atoms with Crippen molar-refractivity contribution in [3.8, 4) is 5.75 Å². The number of ether oxygens (including phenoxy) is 1. The summed E-state index contributed by atoms with van der Waals surface area (Å²) in [5, 5.41) is 3.11. The molecule has 0 heterocycles. The van der Waals surface area contributed by atoms with Gasteiger partial charge in [-0.3, -0.25) is 0 Å². The zero-order valence-electron chi connectivity index (χ0n) is 12.3. The molecule has 22 heavy (non-hydrogen) atoms. The number of halogens is 1. The third-order valence-corrected chi connectivity index (χ3v) is 4.25. The van der Waals surface area contributed by atoms with Gasteiger partial charge in [-0.1, -0.05) is 28.1 Å².